The Morgan fingerprint density at radius 2 is 2.10 bits per heavy atom. The predicted octanol–water partition coefficient (Wildman–Crippen LogP) is 2.17. The average molecular weight is 313 g/mol. The fourth-order valence-corrected chi connectivity index (χ4v) is 4.74. The van der Waals surface area contributed by atoms with Crippen molar-refractivity contribution in [2.24, 2.45) is 11.1 Å². The van der Waals surface area contributed by atoms with E-state index in [4.69, 9.17) is 5.73 Å². The van der Waals surface area contributed by atoms with Crippen LogP contribution in [-0.4, -0.2) is 30.4 Å². The lowest BCUT2D eigenvalue weighted by molar-refractivity contribution is 0.187. The van der Waals surface area contributed by atoms with Crippen LogP contribution < -0.4 is 5.73 Å². The molecule has 0 aliphatic carbocycles. The van der Waals surface area contributed by atoms with Crippen LogP contribution in [0.25, 0.3) is 0 Å². The molecule has 1 aliphatic rings. The number of hydrogen-bond donors (Lipinski definition) is 1. The van der Waals surface area contributed by atoms with Gasteiger partial charge in [-0.3, -0.25) is 0 Å². The van der Waals surface area contributed by atoms with Gasteiger partial charge in [-0.1, -0.05) is 20.8 Å². The summed E-state index contributed by atoms with van der Waals surface area (Å²) in [5.74, 6) is 0. The van der Waals surface area contributed by atoms with Gasteiger partial charge < -0.3 is 10.3 Å². The lowest BCUT2D eigenvalue weighted by Crippen LogP contribution is -2.43. The summed E-state index contributed by atoms with van der Waals surface area (Å²) in [6, 6.07) is 1.73. The number of aromatic nitrogens is 1. The summed E-state index contributed by atoms with van der Waals surface area (Å²) in [7, 11) is -3.41. The number of sulfonamides is 1. The summed E-state index contributed by atoms with van der Waals surface area (Å²) >= 11 is 0. The normalized spacial score (nSPS) is 19.8. The van der Waals surface area contributed by atoms with Gasteiger partial charge >= 0.3 is 0 Å². The topological polar surface area (TPSA) is 68.3 Å². The van der Waals surface area contributed by atoms with Gasteiger partial charge in [0.05, 0.1) is 0 Å². The van der Waals surface area contributed by atoms with Crippen molar-refractivity contribution in [3.05, 3.63) is 18.0 Å². The molecule has 1 saturated heterocycles. The van der Waals surface area contributed by atoms with Crippen LogP contribution >= 0.6 is 0 Å². The van der Waals surface area contributed by atoms with Crippen LogP contribution in [0.3, 0.4) is 0 Å². The number of nitrogens with two attached hydrogens (primary N) is 1. The van der Waals surface area contributed by atoms with Gasteiger partial charge in [-0.2, -0.15) is 4.31 Å². The minimum atomic E-state index is -3.41. The predicted molar refractivity (Wildman–Crippen MR) is 84.4 cm³/mol. The molecule has 2 rings (SSSR count). The van der Waals surface area contributed by atoms with Crippen molar-refractivity contribution >= 4 is 10.0 Å². The Morgan fingerprint density at radius 1 is 1.38 bits per heavy atom. The second-order valence-electron chi connectivity index (χ2n) is 6.67. The number of rotatable bonds is 5. The van der Waals surface area contributed by atoms with Crippen LogP contribution in [0.2, 0.25) is 0 Å². The molecule has 1 aromatic rings. The molecule has 5 nitrogen and oxygen atoms in total. The Kier molecular flexibility index (Phi) is 4.80. The molecule has 2 N–H and O–H groups in total. The van der Waals surface area contributed by atoms with E-state index in [-0.39, 0.29) is 5.41 Å². The summed E-state index contributed by atoms with van der Waals surface area (Å²) in [5, 5.41) is 0. The van der Waals surface area contributed by atoms with Crippen LogP contribution in [0.5, 0.6) is 0 Å². The molecule has 0 saturated carbocycles. The molecule has 0 amide bonds. The molecule has 1 aromatic heterocycles. The Morgan fingerprint density at radius 3 is 2.67 bits per heavy atom. The second kappa shape index (κ2) is 6.10. The van der Waals surface area contributed by atoms with E-state index in [2.05, 4.69) is 20.8 Å². The summed E-state index contributed by atoms with van der Waals surface area (Å²) in [6.45, 7) is 8.69. The summed E-state index contributed by atoms with van der Waals surface area (Å²) < 4.78 is 29.3. The zero-order chi connectivity index (χ0) is 15.7. The Labute approximate surface area is 128 Å². The Balaban J connectivity index is 2.31. The molecule has 0 radical (unpaired) electrons. The van der Waals surface area contributed by atoms with Crippen molar-refractivity contribution in [3.8, 4) is 0 Å². The van der Waals surface area contributed by atoms with E-state index >= 15 is 0 Å². The minimum Gasteiger partial charge on any atom is -0.349 e. The number of aryl methyl sites for hydroxylation is 1. The maximum atomic E-state index is 12.8. The Hall–Kier alpha value is -0.850. The minimum absolute atomic E-state index is 0.0496. The molecule has 0 bridgehead atoms. The van der Waals surface area contributed by atoms with E-state index in [0.29, 0.717) is 24.5 Å². The maximum absolute atomic E-state index is 12.8. The summed E-state index contributed by atoms with van der Waals surface area (Å²) in [5.41, 5.74) is 6.66. The van der Waals surface area contributed by atoms with E-state index in [1.54, 1.807) is 16.6 Å². The third kappa shape index (κ3) is 3.49. The highest BCUT2D eigenvalue weighted by atomic mass is 32.2. The molecule has 1 aliphatic heterocycles. The number of hydrogen-bond acceptors (Lipinski definition) is 3. The van der Waals surface area contributed by atoms with Crippen molar-refractivity contribution in [1.29, 1.82) is 0 Å². The SMILES string of the molecule is CCCn1cc(S(=O)(=O)N2CCCC(C)(C)C2)cc1CN. The van der Waals surface area contributed by atoms with Crippen LogP contribution in [0.15, 0.2) is 17.2 Å². The van der Waals surface area contributed by atoms with Gasteiger partial charge in [0, 0.05) is 38.1 Å². The molecule has 0 atom stereocenters. The number of piperidine rings is 1. The fraction of sp³-hybridized carbons (Fsp3) is 0.733. The van der Waals surface area contributed by atoms with Crippen molar-refractivity contribution in [2.75, 3.05) is 13.1 Å². The molecule has 0 spiro atoms. The Bertz CT molecular complexity index is 590. The van der Waals surface area contributed by atoms with Crippen LogP contribution in [0, 0.1) is 5.41 Å². The molecule has 6 heteroatoms. The van der Waals surface area contributed by atoms with Crippen LogP contribution in [-0.2, 0) is 23.1 Å². The van der Waals surface area contributed by atoms with Crippen molar-refractivity contribution in [1.82, 2.24) is 8.87 Å². The third-order valence-corrected chi connectivity index (χ3v) is 5.95. The largest absolute Gasteiger partial charge is 0.349 e. The zero-order valence-electron chi connectivity index (χ0n) is 13.3. The van der Waals surface area contributed by atoms with E-state index in [1.165, 1.54) is 0 Å². The van der Waals surface area contributed by atoms with Gasteiger partial charge in [0.15, 0.2) is 0 Å². The first-order valence-electron chi connectivity index (χ1n) is 7.69. The standard InChI is InChI=1S/C15H27N3O2S/c1-4-7-17-11-14(9-13(17)10-16)21(19,20)18-8-5-6-15(2,3)12-18/h9,11H,4-8,10,12,16H2,1-3H3. The number of nitrogens with zero attached hydrogens (tertiary/aromatic N) is 2. The fourth-order valence-electron chi connectivity index (χ4n) is 3.01. The third-order valence-electron chi connectivity index (χ3n) is 4.14. The van der Waals surface area contributed by atoms with E-state index in [0.717, 1.165) is 31.5 Å². The first kappa shape index (κ1) is 16.5. The van der Waals surface area contributed by atoms with E-state index < -0.39 is 10.0 Å². The van der Waals surface area contributed by atoms with Gasteiger partial charge in [0.2, 0.25) is 10.0 Å². The highest BCUT2D eigenvalue weighted by Crippen LogP contribution is 2.32. The van der Waals surface area contributed by atoms with E-state index in [9.17, 15) is 8.42 Å². The molecule has 120 valence electrons. The van der Waals surface area contributed by atoms with Crippen LogP contribution in [0.4, 0.5) is 0 Å². The van der Waals surface area contributed by atoms with Gasteiger partial charge in [-0.05, 0) is 30.7 Å². The smallest absolute Gasteiger partial charge is 0.244 e. The van der Waals surface area contributed by atoms with Gasteiger partial charge in [0.25, 0.3) is 0 Å². The van der Waals surface area contributed by atoms with E-state index in [1.807, 2.05) is 4.57 Å². The molecular formula is C15H27N3O2S. The van der Waals surface area contributed by atoms with Gasteiger partial charge in [-0.15, -0.1) is 0 Å². The maximum Gasteiger partial charge on any atom is 0.244 e. The molecule has 2 heterocycles. The lowest BCUT2D eigenvalue weighted by atomic mass is 9.85. The first-order chi connectivity index (χ1) is 9.80. The molecule has 21 heavy (non-hydrogen) atoms. The molecule has 1 fully saturated rings. The average Bonchev–Trinajstić information content (AvgIpc) is 2.82. The highest BCUT2D eigenvalue weighted by Gasteiger charge is 2.34. The quantitative estimate of drug-likeness (QED) is 0.906. The molecule has 0 aromatic carbocycles. The van der Waals surface area contributed by atoms with Gasteiger partial charge in [0.1, 0.15) is 4.90 Å². The van der Waals surface area contributed by atoms with Crippen molar-refractivity contribution in [2.45, 2.75) is 58.0 Å². The van der Waals surface area contributed by atoms with Crippen LogP contribution in [0.1, 0.15) is 45.7 Å². The summed E-state index contributed by atoms with van der Waals surface area (Å²) in [6.07, 6.45) is 4.69. The zero-order valence-corrected chi connectivity index (χ0v) is 14.1. The molecular weight excluding hydrogens is 286 g/mol. The summed E-state index contributed by atoms with van der Waals surface area (Å²) in [4.78, 5) is 0.383. The molecule has 0 unspecified atom stereocenters. The highest BCUT2D eigenvalue weighted by molar-refractivity contribution is 7.89. The van der Waals surface area contributed by atoms with Crippen molar-refractivity contribution < 1.29 is 8.42 Å². The monoisotopic (exact) mass is 313 g/mol. The lowest BCUT2D eigenvalue weighted by Gasteiger charge is -2.36. The first-order valence-corrected chi connectivity index (χ1v) is 9.13. The second-order valence-corrected chi connectivity index (χ2v) is 8.61. The van der Waals surface area contributed by atoms with Crippen molar-refractivity contribution in [3.63, 3.8) is 0 Å². The van der Waals surface area contributed by atoms with Gasteiger partial charge in [-0.25, -0.2) is 8.42 Å².